The van der Waals surface area contributed by atoms with E-state index in [0.29, 0.717) is 13.0 Å². The van der Waals surface area contributed by atoms with Crippen molar-refractivity contribution in [1.82, 2.24) is 0 Å². The number of nitrogens with two attached hydrogens (primary N) is 1. The van der Waals surface area contributed by atoms with Crippen LogP contribution in [0.25, 0.3) is 0 Å². The van der Waals surface area contributed by atoms with Crippen LogP contribution in [0.15, 0.2) is 0 Å². The summed E-state index contributed by atoms with van der Waals surface area (Å²) in [6, 6.07) is 0.0921. The zero-order valence-electron chi connectivity index (χ0n) is 8.90. The minimum Gasteiger partial charge on any atom is -0.466 e. The molecule has 0 unspecified atom stereocenters. The second kappa shape index (κ2) is 4.52. The van der Waals surface area contributed by atoms with Gasteiger partial charge in [-0.1, -0.05) is 0 Å². The van der Waals surface area contributed by atoms with Crippen molar-refractivity contribution in [2.75, 3.05) is 6.61 Å². The first kappa shape index (κ1) is 10.9. The van der Waals surface area contributed by atoms with Crippen LogP contribution in [0.4, 0.5) is 0 Å². The van der Waals surface area contributed by atoms with Crippen LogP contribution >= 0.6 is 0 Å². The Morgan fingerprint density at radius 3 is 3.00 bits per heavy atom. The Kier molecular flexibility index (Phi) is 3.29. The fraction of sp³-hybridized carbons (Fsp3) is 0.500. The molecule has 2 fully saturated rings. The third-order valence-corrected chi connectivity index (χ3v) is 2.98. The maximum Gasteiger partial charge on any atom is 0.306 e. The van der Waals surface area contributed by atoms with Gasteiger partial charge < -0.3 is 10.5 Å². The van der Waals surface area contributed by atoms with Crippen molar-refractivity contribution in [3.05, 3.63) is 31.1 Å². The zero-order valence-corrected chi connectivity index (χ0v) is 8.90. The molecule has 0 heterocycles. The number of carbonyl (C=O) groups is 1. The van der Waals surface area contributed by atoms with E-state index < -0.39 is 0 Å². The van der Waals surface area contributed by atoms with Crippen LogP contribution in [0.1, 0.15) is 19.8 Å². The van der Waals surface area contributed by atoms with E-state index in [-0.39, 0.29) is 17.9 Å². The molecule has 0 aliphatic heterocycles. The first-order chi connectivity index (χ1) is 7.22. The van der Waals surface area contributed by atoms with E-state index in [9.17, 15) is 4.79 Å². The topological polar surface area (TPSA) is 52.3 Å². The predicted octanol–water partition coefficient (Wildman–Crippen LogP) is 1.06. The minimum atomic E-state index is -0.122. The van der Waals surface area contributed by atoms with Gasteiger partial charge in [-0.15, -0.1) is 0 Å². The highest BCUT2D eigenvalue weighted by Gasteiger charge is 2.45. The molecule has 5 radical (unpaired) electrons. The van der Waals surface area contributed by atoms with Crippen LogP contribution in [0.2, 0.25) is 0 Å². The van der Waals surface area contributed by atoms with Gasteiger partial charge in [0.05, 0.1) is 6.61 Å². The average molecular weight is 206 g/mol. The van der Waals surface area contributed by atoms with Gasteiger partial charge in [0, 0.05) is 18.4 Å². The second-order valence-electron chi connectivity index (χ2n) is 3.98. The Labute approximate surface area is 91.4 Å². The zero-order chi connectivity index (χ0) is 10.8. The Bertz CT molecular complexity index is 242. The number of hydrogen-bond donors (Lipinski definition) is 1. The molecule has 2 atom stereocenters. The van der Waals surface area contributed by atoms with Crippen molar-refractivity contribution in [1.29, 1.82) is 0 Å². The van der Waals surface area contributed by atoms with Crippen molar-refractivity contribution in [2.24, 2.45) is 11.7 Å². The SMILES string of the molecule is CCOC(=O)C[C@H]1C[C@@H](N)[C]2[CH][CH][CH][C]21. The molecule has 2 aliphatic carbocycles. The third kappa shape index (κ3) is 2.17. The lowest BCUT2D eigenvalue weighted by atomic mass is 9.89. The number of esters is 1. The summed E-state index contributed by atoms with van der Waals surface area (Å²) in [5.74, 6) is 2.56. The maximum atomic E-state index is 11.4. The molecule has 2 aliphatic rings. The molecule has 0 amide bonds. The van der Waals surface area contributed by atoms with E-state index in [1.807, 2.05) is 19.8 Å². The Balaban J connectivity index is 1.90. The van der Waals surface area contributed by atoms with Gasteiger partial charge in [-0.2, -0.15) is 0 Å². The van der Waals surface area contributed by atoms with Gasteiger partial charge in [0.25, 0.3) is 0 Å². The summed E-state index contributed by atoms with van der Waals surface area (Å²) in [5, 5.41) is 0. The van der Waals surface area contributed by atoms with Gasteiger partial charge in [0.15, 0.2) is 0 Å². The van der Waals surface area contributed by atoms with E-state index >= 15 is 0 Å². The molecule has 0 spiro atoms. The first-order valence-electron chi connectivity index (χ1n) is 5.39. The molecule has 2 saturated carbocycles. The minimum absolute atomic E-state index is 0.0921. The molecule has 3 nitrogen and oxygen atoms in total. The maximum absolute atomic E-state index is 11.4. The van der Waals surface area contributed by atoms with Crippen molar-refractivity contribution < 1.29 is 9.53 Å². The monoisotopic (exact) mass is 206 g/mol. The van der Waals surface area contributed by atoms with Crippen molar-refractivity contribution in [2.45, 2.75) is 25.8 Å². The Hall–Kier alpha value is -0.570. The highest BCUT2D eigenvalue weighted by molar-refractivity contribution is 5.71. The van der Waals surface area contributed by atoms with E-state index in [4.69, 9.17) is 10.5 Å². The number of rotatable bonds is 3. The lowest BCUT2D eigenvalue weighted by Crippen LogP contribution is -2.22. The van der Waals surface area contributed by atoms with E-state index in [2.05, 4.69) is 6.42 Å². The molecule has 15 heavy (non-hydrogen) atoms. The summed E-state index contributed by atoms with van der Waals surface area (Å²) in [5.41, 5.74) is 5.98. The molecular formula is C12H16NO2. The van der Waals surface area contributed by atoms with Crippen LogP contribution in [-0.2, 0) is 9.53 Å². The third-order valence-electron chi connectivity index (χ3n) is 2.98. The van der Waals surface area contributed by atoms with Crippen LogP contribution in [0, 0.1) is 37.0 Å². The van der Waals surface area contributed by atoms with Crippen LogP contribution in [0.3, 0.4) is 0 Å². The van der Waals surface area contributed by atoms with Gasteiger partial charge in [0.2, 0.25) is 0 Å². The largest absolute Gasteiger partial charge is 0.466 e. The normalized spacial score (nSPS) is 31.9. The van der Waals surface area contributed by atoms with Gasteiger partial charge in [-0.05, 0) is 44.4 Å². The van der Waals surface area contributed by atoms with E-state index in [0.717, 1.165) is 6.42 Å². The molecule has 0 saturated heterocycles. The first-order valence-corrected chi connectivity index (χ1v) is 5.39. The van der Waals surface area contributed by atoms with Crippen molar-refractivity contribution in [3.8, 4) is 0 Å². The smallest absolute Gasteiger partial charge is 0.306 e. The summed E-state index contributed by atoms with van der Waals surface area (Å²) in [6.07, 6.45) is 7.43. The van der Waals surface area contributed by atoms with E-state index in [1.165, 1.54) is 11.8 Å². The van der Waals surface area contributed by atoms with Gasteiger partial charge in [0.1, 0.15) is 0 Å². The summed E-state index contributed by atoms with van der Waals surface area (Å²) < 4.78 is 4.95. The fourth-order valence-corrected chi connectivity index (χ4v) is 2.33. The number of fused-ring (bicyclic) bond motifs is 1. The summed E-state index contributed by atoms with van der Waals surface area (Å²) >= 11 is 0. The molecule has 81 valence electrons. The highest BCUT2D eigenvalue weighted by Crippen LogP contribution is 2.49. The van der Waals surface area contributed by atoms with E-state index in [1.54, 1.807) is 0 Å². The Morgan fingerprint density at radius 1 is 1.53 bits per heavy atom. The Morgan fingerprint density at radius 2 is 2.27 bits per heavy atom. The summed E-state index contributed by atoms with van der Waals surface area (Å²) in [4.78, 5) is 11.4. The molecule has 0 aromatic carbocycles. The molecule has 0 aromatic heterocycles. The fourth-order valence-electron chi connectivity index (χ4n) is 2.33. The molecule has 0 aromatic rings. The summed E-state index contributed by atoms with van der Waals surface area (Å²) in [6.45, 7) is 2.28. The average Bonchev–Trinajstić information content (AvgIpc) is 2.73. The van der Waals surface area contributed by atoms with Gasteiger partial charge in [-0.25, -0.2) is 0 Å². The molecular weight excluding hydrogens is 190 g/mol. The van der Waals surface area contributed by atoms with Crippen LogP contribution in [0.5, 0.6) is 0 Å². The van der Waals surface area contributed by atoms with Gasteiger partial charge >= 0.3 is 5.97 Å². The van der Waals surface area contributed by atoms with Gasteiger partial charge in [-0.3, -0.25) is 4.79 Å². The molecule has 0 bridgehead atoms. The van der Waals surface area contributed by atoms with Crippen molar-refractivity contribution >= 4 is 5.97 Å². The number of hydrogen-bond acceptors (Lipinski definition) is 3. The number of carbonyl (C=O) groups excluding carboxylic acids is 1. The van der Waals surface area contributed by atoms with Crippen molar-refractivity contribution in [3.63, 3.8) is 0 Å². The second-order valence-corrected chi connectivity index (χ2v) is 3.98. The standard InChI is InChI=1S/C12H16NO2/c1-2-15-12(14)7-8-6-11(13)10-5-3-4-9(8)10/h3-5,8,11H,2,6-7,13H2,1H3/t8-,11-/m1/s1. The quantitative estimate of drug-likeness (QED) is 0.702. The molecule has 2 rings (SSSR count). The lowest BCUT2D eigenvalue weighted by molar-refractivity contribution is -0.144. The van der Waals surface area contributed by atoms with Crippen LogP contribution in [-0.4, -0.2) is 18.6 Å². The highest BCUT2D eigenvalue weighted by atomic mass is 16.5. The molecule has 3 heteroatoms. The molecule has 2 N–H and O–H groups in total. The predicted molar refractivity (Wildman–Crippen MR) is 56.7 cm³/mol. The number of ether oxygens (including phenoxy) is 1. The lowest BCUT2D eigenvalue weighted by Gasteiger charge is -2.15. The summed E-state index contributed by atoms with van der Waals surface area (Å²) in [7, 11) is 0. The van der Waals surface area contributed by atoms with Crippen LogP contribution < -0.4 is 5.73 Å².